The Kier molecular flexibility index (Phi) is 7.12. The molecule has 0 saturated carbocycles. The van der Waals surface area contributed by atoms with Gasteiger partial charge in [0.15, 0.2) is 0 Å². The first kappa shape index (κ1) is 28.1. The molecule has 5 heterocycles. The summed E-state index contributed by atoms with van der Waals surface area (Å²) in [7, 11) is 0. The van der Waals surface area contributed by atoms with Crippen LogP contribution in [0.4, 0.5) is 4.39 Å². The van der Waals surface area contributed by atoms with Crippen molar-refractivity contribution < 1.29 is 23.8 Å². The summed E-state index contributed by atoms with van der Waals surface area (Å²) in [5.74, 6) is -1.13. The maximum absolute atomic E-state index is 14.8. The van der Waals surface area contributed by atoms with E-state index in [9.17, 15) is 18.8 Å². The summed E-state index contributed by atoms with van der Waals surface area (Å²) in [6, 6.07) is 3.07. The fraction of sp³-hybridized carbons (Fsp3) is 0.438. The van der Waals surface area contributed by atoms with Gasteiger partial charge in [-0.05, 0) is 67.9 Å². The van der Waals surface area contributed by atoms with Crippen LogP contribution in [0.5, 0.6) is 0 Å². The zero-order valence-electron chi connectivity index (χ0n) is 24.1. The number of aromatic nitrogens is 2. The number of likely N-dealkylation sites (tertiary alicyclic amines) is 1. The molecule has 9 nitrogen and oxygen atoms in total. The van der Waals surface area contributed by atoms with Crippen molar-refractivity contribution >= 4 is 23.3 Å². The maximum Gasteiger partial charge on any atom is 0.313 e. The Balaban J connectivity index is 0.000000302. The van der Waals surface area contributed by atoms with Crippen molar-refractivity contribution in [2.24, 2.45) is 0 Å². The van der Waals surface area contributed by atoms with Crippen molar-refractivity contribution in [2.45, 2.75) is 77.7 Å². The van der Waals surface area contributed by atoms with Crippen LogP contribution in [0.2, 0.25) is 0 Å². The Bertz CT molecular complexity index is 1710. The average Bonchev–Trinajstić information content (AvgIpc) is 3.57. The van der Waals surface area contributed by atoms with Gasteiger partial charge in [0, 0.05) is 35.8 Å². The maximum atomic E-state index is 14.8. The van der Waals surface area contributed by atoms with Crippen LogP contribution in [0.25, 0.3) is 22.3 Å². The minimum atomic E-state index is -0.494. The number of β-amino-alcohol motifs (C(OH)–C–C–N with tert-alkyl or cyclic N) is 1. The second kappa shape index (κ2) is 10.7. The highest BCUT2D eigenvalue weighted by atomic mass is 19.1. The molecule has 42 heavy (non-hydrogen) atoms. The Morgan fingerprint density at radius 1 is 1.26 bits per heavy atom. The zero-order chi connectivity index (χ0) is 29.9. The number of rotatable bonds is 4. The number of ether oxygens (including phenoxy) is 1. The predicted molar refractivity (Wildman–Crippen MR) is 155 cm³/mol. The molecule has 2 N–H and O–H groups in total. The number of nitrogens with zero attached hydrogens (tertiary/aromatic N) is 3. The van der Waals surface area contributed by atoms with Gasteiger partial charge in [-0.25, -0.2) is 9.37 Å². The molecule has 0 radical (unpaired) electrons. The molecule has 1 saturated heterocycles. The van der Waals surface area contributed by atoms with E-state index < -0.39 is 5.92 Å². The number of cyclic esters (lactones) is 1. The number of allylic oxidation sites excluding steroid dienone is 1. The summed E-state index contributed by atoms with van der Waals surface area (Å²) in [5.41, 5.74) is 7.09. The number of amides is 1. The lowest BCUT2D eigenvalue weighted by Crippen LogP contribution is -2.32. The zero-order valence-corrected chi connectivity index (χ0v) is 24.1. The molecule has 0 spiro atoms. The predicted octanol–water partition coefficient (Wildman–Crippen LogP) is 3.74. The van der Waals surface area contributed by atoms with Gasteiger partial charge in [0.25, 0.3) is 5.56 Å². The number of hydrogen-bond donors (Lipinski definition) is 2. The average molecular weight is 575 g/mol. The van der Waals surface area contributed by atoms with Gasteiger partial charge in [-0.15, -0.1) is 0 Å². The summed E-state index contributed by atoms with van der Waals surface area (Å²) in [6.07, 6.45) is 3.26. The summed E-state index contributed by atoms with van der Waals surface area (Å²) >= 11 is 0. The summed E-state index contributed by atoms with van der Waals surface area (Å²) in [6.45, 7) is 11.4. The Morgan fingerprint density at radius 3 is 2.69 bits per heavy atom. The lowest BCUT2D eigenvalue weighted by molar-refractivity contribution is -0.148. The minimum absolute atomic E-state index is 0.0355. The molecule has 3 aliphatic heterocycles. The van der Waals surface area contributed by atoms with Gasteiger partial charge in [0.05, 0.1) is 47.1 Å². The highest BCUT2D eigenvalue weighted by molar-refractivity contribution is 5.93. The number of halogens is 1. The second-order valence-corrected chi connectivity index (χ2v) is 11.6. The first-order valence-electron chi connectivity index (χ1n) is 14.5. The second-order valence-electron chi connectivity index (χ2n) is 11.6. The van der Waals surface area contributed by atoms with Crippen molar-refractivity contribution in [3.8, 4) is 11.4 Å². The third-order valence-electron chi connectivity index (χ3n) is 9.17. The molecule has 0 bridgehead atoms. The third-order valence-corrected chi connectivity index (χ3v) is 9.17. The van der Waals surface area contributed by atoms with Gasteiger partial charge in [-0.1, -0.05) is 13.5 Å². The van der Waals surface area contributed by atoms with E-state index in [4.69, 9.17) is 14.8 Å². The van der Waals surface area contributed by atoms with E-state index in [1.807, 2.05) is 19.9 Å². The quantitative estimate of drug-likeness (QED) is 0.282. The van der Waals surface area contributed by atoms with E-state index in [0.717, 1.165) is 47.3 Å². The van der Waals surface area contributed by atoms with Gasteiger partial charge in [-0.3, -0.25) is 14.4 Å². The van der Waals surface area contributed by atoms with E-state index >= 15 is 0 Å². The van der Waals surface area contributed by atoms with E-state index in [0.29, 0.717) is 65.8 Å². The molecule has 1 fully saturated rings. The van der Waals surface area contributed by atoms with Crippen molar-refractivity contribution in [2.75, 3.05) is 13.1 Å². The number of carbonyl (C=O) groups excluding carboxylic acids is 2. The number of aliphatic hydroxyl groups excluding tert-OH is 1. The lowest BCUT2D eigenvalue weighted by Gasteiger charge is -2.28. The van der Waals surface area contributed by atoms with E-state index in [1.54, 1.807) is 11.5 Å². The van der Waals surface area contributed by atoms with E-state index in [-0.39, 0.29) is 36.1 Å². The number of nitrogens with one attached hydrogen (secondary N) is 1. The number of carbonyl (C=O) groups is 2. The van der Waals surface area contributed by atoms with Crippen molar-refractivity contribution in [3.63, 3.8) is 0 Å². The number of hydrogen-bond acceptors (Lipinski definition) is 7. The Morgan fingerprint density at radius 2 is 2.05 bits per heavy atom. The number of pyridine rings is 2. The van der Waals surface area contributed by atoms with Crippen LogP contribution in [-0.2, 0) is 33.9 Å². The Labute approximate surface area is 243 Å². The van der Waals surface area contributed by atoms with Crippen LogP contribution in [0, 0.1) is 12.7 Å². The highest BCUT2D eigenvalue weighted by Crippen LogP contribution is 2.45. The monoisotopic (exact) mass is 574 g/mol. The number of esters is 1. The van der Waals surface area contributed by atoms with Gasteiger partial charge in [0.2, 0.25) is 6.41 Å². The number of fused-ring (bicyclic) bond motifs is 5. The summed E-state index contributed by atoms with van der Waals surface area (Å²) in [4.78, 5) is 44.1. The lowest BCUT2D eigenvalue weighted by atomic mass is 9.82. The minimum Gasteiger partial charge on any atom is -0.460 e. The number of aliphatic hydroxyl groups is 1. The molecule has 7 rings (SSSR count). The highest BCUT2D eigenvalue weighted by Gasteiger charge is 2.37. The van der Waals surface area contributed by atoms with Crippen LogP contribution in [0.15, 0.2) is 29.2 Å². The van der Waals surface area contributed by atoms with E-state index in [1.165, 1.54) is 6.07 Å². The van der Waals surface area contributed by atoms with Crippen LogP contribution < -0.4 is 10.9 Å². The molecule has 4 aliphatic rings. The first-order valence-corrected chi connectivity index (χ1v) is 14.5. The molecule has 3 unspecified atom stereocenters. The standard InChI is InChI=1S/C25H22FN3O4.C7H13NO/c1-3-12-14-6-20-23-15(8-29(20)24(31)16(14)9-33-25(12)32)22-18(27-10-30)5-4-13-11(2)17(26)7-19(28-23)21(13)22;1-6(2)8-4-3-7(9)5-8/h6-7,10,12,18H,3-5,8-9H2,1-2H3,(H,27,30);7,9H,1,3-5H2,2H3. The SMILES string of the molecule is C=C(C)N1CCC(O)C1.CCC1C(=O)OCc2c1cc1n(c2=O)Cc2c-1nc1cc(F)c(C)c3c1c2C(NC=O)CC3. The van der Waals surface area contributed by atoms with E-state index in [2.05, 4.69) is 16.8 Å². The van der Waals surface area contributed by atoms with Gasteiger partial charge >= 0.3 is 5.97 Å². The first-order chi connectivity index (χ1) is 20.1. The number of aryl methyl sites for hydroxylation is 1. The van der Waals surface area contributed by atoms with Crippen molar-refractivity contribution in [1.29, 1.82) is 0 Å². The van der Waals surface area contributed by atoms with Gasteiger partial charge < -0.3 is 24.6 Å². The fourth-order valence-electron chi connectivity index (χ4n) is 6.91. The molecule has 1 aliphatic carbocycles. The molecule has 1 aromatic carbocycles. The summed E-state index contributed by atoms with van der Waals surface area (Å²) in [5, 5.41) is 12.8. The third kappa shape index (κ3) is 4.40. The molecular weight excluding hydrogens is 539 g/mol. The Hall–Kier alpha value is -4.05. The largest absolute Gasteiger partial charge is 0.460 e. The van der Waals surface area contributed by atoms with Gasteiger partial charge in [-0.2, -0.15) is 0 Å². The topological polar surface area (TPSA) is 114 Å². The van der Waals surface area contributed by atoms with Crippen LogP contribution in [0.1, 0.15) is 78.5 Å². The summed E-state index contributed by atoms with van der Waals surface area (Å²) < 4.78 is 21.7. The number of benzene rings is 1. The molecule has 3 aromatic rings. The molecule has 2 aromatic heterocycles. The molecule has 3 atom stereocenters. The molecule has 10 heteroatoms. The van der Waals surface area contributed by atoms with Crippen LogP contribution in [-0.4, -0.2) is 51.1 Å². The molecule has 220 valence electrons. The smallest absolute Gasteiger partial charge is 0.313 e. The van der Waals surface area contributed by atoms with Gasteiger partial charge in [0.1, 0.15) is 12.4 Å². The molecular formula is C32H35FN4O5. The van der Waals surface area contributed by atoms with Crippen LogP contribution in [0.3, 0.4) is 0 Å². The normalized spacial score (nSPS) is 21.6. The van der Waals surface area contributed by atoms with Crippen LogP contribution >= 0.6 is 0 Å². The van der Waals surface area contributed by atoms with Crippen molar-refractivity contribution in [3.05, 3.63) is 74.0 Å². The van der Waals surface area contributed by atoms with Crippen molar-refractivity contribution in [1.82, 2.24) is 19.8 Å². The fourth-order valence-corrected chi connectivity index (χ4v) is 6.91. The molecule has 1 amide bonds.